The van der Waals surface area contributed by atoms with Gasteiger partial charge in [-0.3, -0.25) is 33.6 Å². The highest BCUT2D eigenvalue weighted by Gasteiger charge is 2.24. The highest BCUT2D eigenvalue weighted by molar-refractivity contribution is 5.72. The maximum Gasteiger partial charge on any atom is 0.306 e. The van der Waals surface area contributed by atoms with Gasteiger partial charge in [-0.2, -0.15) is 0 Å². The van der Waals surface area contributed by atoms with E-state index in [1.807, 2.05) is 19.0 Å². The van der Waals surface area contributed by atoms with E-state index in [0.29, 0.717) is 81.5 Å². The van der Waals surface area contributed by atoms with Crippen LogP contribution in [0, 0.1) is 35.5 Å². The molecule has 15 nitrogen and oxygen atoms in total. The molecule has 0 aromatic carbocycles. The molecule has 4 fully saturated rings. The molecule has 424 valence electrons. The smallest absolute Gasteiger partial charge is 0.306 e. The average Bonchev–Trinajstić information content (AvgIpc) is 3.41. The monoisotopic (exact) mass is 1050 g/mol. The summed E-state index contributed by atoms with van der Waals surface area (Å²) < 4.78 is 39.8. The second kappa shape index (κ2) is 38.7. The number of hydrogen-bond acceptors (Lipinski definition) is 15. The summed E-state index contributed by atoms with van der Waals surface area (Å²) in [5.74, 6) is -1.36. The van der Waals surface area contributed by atoms with Crippen molar-refractivity contribution in [1.29, 1.82) is 0 Å². The van der Waals surface area contributed by atoms with Crippen molar-refractivity contribution in [2.75, 3.05) is 60.3 Å². The molecular formula is C59H99NO14. The number of nitrogens with zero attached hydrogens (tertiary/aromatic N) is 1. The van der Waals surface area contributed by atoms with Crippen molar-refractivity contribution in [1.82, 2.24) is 4.90 Å². The third-order valence-corrected chi connectivity index (χ3v) is 15.9. The van der Waals surface area contributed by atoms with E-state index >= 15 is 0 Å². The van der Waals surface area contributed by atoms with E-state index in [9.17, 15) is 33.6 Å². The van der Waals surface area contributed by atoms with Crippen LogP contribution in [-0.2, 0) is 66.7 Å². The highest BCUT2D eigenvalue weighted by Crippen LogP contribution is 2.30. The van der Waals surface area contributed by atoms with Gasteiger partial charge in [-0.15, -0.1) is 0 Å². The van der Waals surface area contributed by atoms with E-state index in [2.05, 4.69) is 0 Å². The molecule has 0 bridgehead atoms. The molecule has 4 aliphatic carbocycles. The SMILES string of the molecule is CN(C)CCCC(=O)OC(CCCC(=O)OCC(COC(=O)CCC1CCCCC1)COC(=O)CCC1CCCCC1)CCCC(=O)OCC(COC(=O)CCC1CCCCC1)COC(=O)CCC1CCCCC1. The normalized spacial score (nSPS) is 17.3. The van der Waals surface area contributed by atoms with E-state index in [0.717, 1.165) is 83.6 Å². The molecule has 4 saturated carbocycles. The van der Waals surface area contributed by atoms with Crippen molar-refractivity contribution < 1.29 is 66.7 Å². The van der Waals surface area contributed by atoms with Gasteiger partial charge >= 0.3 is 41.8 Å². The molecular weight excluding hydrogens is 947 g/mol. The third kappa shape index (κ3) is 30.7. The van der Waals surface area contributed by atoms with Gasteiger partial charge in [0.2, 0.25) is 0 Å². The molecule has 0 spiro atoms. The molecule has 0 aliphatic heterocycles. The molecule has 74 heavy (non-hydrogen) atoms. The van der Waals surface area contributed by atoms with Crippen LogP contribution < -0.4 is 0 Å². The fraction of sp³-hybridized carbons (Fsp3) is 0.881. The van der Waals surface area contributed by atoms with Gasteiger partial charge in [0.15, 0.2) is 0 Å². The fourth-order valence-electron chi connectivity index (χ4n) is 11.2. The van der Waals surface area contributed by atoms with Gasteiger partial charge in [0.05, 0.1) is 11.8 Å². The summed E-state index contributed by atoms with van der Waals surface area (Å²) >= 11 is 0. The maximum absolute atomic E-state index is 13.1. The maximum atomic E-state index is 13.1. The van der Waals surface area contributed by atoms with Gasteiger partial charge in [0.1, 0.15) is 45.7 Å². The molecule has 4 rings (SSSR count). The predicted octanol–water partition coefficient (Wildman–Crippen LogP) is 11.5. The van der Waals surface area contributed by atoms with Crippen molar-refractivity contribution in [2.24, 2.45) is 35.5 Å². The number of carbonyl (C=O) groups is 7. The molecule has 0 aromatic rings. The van der Waals surface area contributed by atoms with Crippen molar-refractivity contribution in [2.45, 2.75) is 237 Å². The predicted molar refractivity (Wildman–Crippen MR) is 281 cm³/mol. The van der Waals surface area contributed by atoms with Crippen LogP contribution in [0.4, 0.5) is 0 Å². The minimum absolute atomic E-state index is 0.0246. The number of carbonyl (C=O) groups excluding carboxylic acids is 7. The fourth-order valence-corrected chi connectivity index (χ4v) is 11.2. The molecule has 0 unspecified atom stereocenters. The zero-order chi connectivity index (χ0) is 53.0. The van der Waals surface area contributed by atoms with Gasteiger partial charge in [0, 0.05) is 44.9 Å². The molecule has 15 heteroatoms. The summed E-state index contributed by atoms with van der Waals surface area (Å²) in [5.41, 5.74) is 0. The van der Waals surface area contributed by atoms with Gasteiger partial charge in [-0.25, -0.2) is 0 Å². The Morgan fingerprint density at radius 3 is 0.878 bits per heavy atom. The number of esters is 7. The summed E-state index contributed by atoms with van der Waals surface area (Å²) in [6.07, 6.45) is 30.1. The Morgan fingerprint density at radius 1 is 0.351 bits per heavy atom. The summed E-state index contributed by atoms with van der Waals surface area (Å²) in [7, 11) is 3.87. The second-order valence-electron chi connectivity index (χ2n) is 22.8. The molecule has 0 saturated heterocycles. The Kier molecular flexibility index (Phi) is 32.9. The lowest BCUT2D eigenvalue weighted by molar-refractivity contribution is -0.156. The van der Waals surface area contributed by atoms with Gasteiger partial charge < -0.3 is 38.1 Å². The van der Waals surface area contributed by atoms with Gasteiger partial charge in [-0.05, 0) is 102 Å². The molecule has 0 amide bonds. The van der Waals surface area contributed by atoms with Crippen LogP contribution in [0.15, 0.2) is 0 Å². The first-order valence-electron chi connectivity index (χ1n) is 29.7. The molecule has 0 aromatic heterocycles. The summed E-state index contributed by atoms with van der Waals surface area (Å²) in [6, 6.07) is 0. The van der Waals surface area contributed by atoms with Gasteiger partial charge in [0.25, 0.3) is 0 Å². The van der Waals surface area contributed by atoms with Gasteiger partial charge in [-0.1, -0.05) is 128 Å². The summed E-state index contributed by atoms with van der Waals surface area (Å²) in [6.45, 7) is 0.463. The number of rotatable bonds is 37. The molecule has 4 aliphatic rings. The number of ether oxygens (including phenoxy) is 7. The molecule has 0 heterocycles. The lowest BCUT2D eigenvalue weighted by Crippen LogP contribution is -2.27. The first kappa shape index (κ1) is 62.8. The zero-order valence-corrected chi connectivity index (χ0v) is 46.1. The van der Waals surface area contributed by atoms with E-state index in [1.165, 1.54) is 77.0 Å². The lowest BCUT2D eigenvalue weighted by atomic mass is 9.86. The van der Waals surface area contributed by atoms with Crippen LogP contribution in [0.2, 0.25) is 0 Å². The number of hydrogen-bond donors (Lipinski definition) is 0. The highest BCUT2D eigenvalue weighted by atomic mass is 16.6. The molecule has 0 N–H and O–H groups in total. The van der Waals surface area contributed by atoms with Crippen LogP contribution in [0.25, 0.3) is 0 Å². The Hall–Kier alpha value is -3.75. The van der Waals surface area contributed by atoms with Crippen molar-refractivity contribution in [3.05, 3.63) is 0 Å². The topological polar surface area (TPSA) is 187 Å². The van der Waals surface area contributed by atoms with Crippen LogP contribution >= 0.6 is 0 Å². The Balaban J connectivity index is 1.23. The van der Waals surface area contributed by atoms with E-state index in [1.54, 1.807) is 0 Å². The second-order valence-corrected chi connectivity index (χ2v) is 22.8. The van der Waals surface area contributed by atoms with Crippen LogP contribution in [0.1, 0.15) is 231 Å². The van der Waals surface area contributed by atoms with E-state index in [-0.39, 0.29) is 88.8 Å². The van der Waals surface area contributed by atoms with E-state index in [4.69, 9.17) is 33.2 Å². The van der Waals surface area contributed by atoms with Crippen LogP contribution in [0.3, 0.4) is 0 Å². The summed E-state index contributed by atoms with van der Waals surface area (Å²) in [5, 5.41) is 0. The standard InChI is InChI=1S/C59H99NO14/c1-60(2)39-17-30-59(67)74-52(26-15-28-53(61)68-40-50(42-70-55(63)35-31-46-18-7-3-8-19-46)43-71-56(64)36-32-47-20-9-4-10-21-47)27-16-29-54(62)69-41-51(44-72-57(65)37-33-48-22-11-5-12-23-48)45-73-58(66)38-34-49-24-13-6-14-25-49/h46-52H,3-45H2,1-2H3. The largest absolute Gasteiger partial charge is 0.465 e. The Bertz CT molecular complexity index is 1420. The quantitative estimate of drug-likeness (QED) is 0.0422. The van der Waals surface area contributed by atoms with Crippen LogP contribution in [0.5, 0.6) is 0 Å². The van der Waals surface area contributed by atoms with Crippen molar-refractivity contribution in [3.8, 4) is 0 Å². The Morgan fingerprint density at radius 2 is 0.608 bits per heavy atom. The average molecular weight is 1050 g/mol. The first-order chi connectivity index (χ1) is 35.9. The molecule has 0 atom stereocenters. The Labute approximate surface area is 445 Å². The van der Waals surface area contributed by atoms with Crippen molar-refractivity contribution >= 4 is 41.8 Å². The summed E-state index contributed by atoms with van der Waals surface area (Å²) in [4.78, 5) is 92.2. The molecule has 0 radical (unpaired) electrons. The van der Waals surface area contributed by atoms with Crippen molar-refractivity contribution in [3.63, 3.8) is 0 Å². The van der Waals surface area contributed by atoms with E-state index < -0.39 is 29.9 Å². The zero-order valence-electron chi connectivity index (χ0n) is 46.1. The first-order valence-corrected chi connectivity index (χ1v) is 29.7. The van der Waals surface area contributed by atoms with Crippen LogP contribution in [-0.4, -0.2) is 113 Å². The third-order valence-electron chi connectivity index (χ3n) is 15.9. The minimum atomic E-state index is -0.551. The lowest BCUT2D eigenvalue weighted by Gasteiger charge is -2.22. The minimum Gasteiger partial charge on any atom is -0.465 e.